The normalized spacial score (nSPS) is 27.8. The predicted molar refractivity (Wildman–Crippen MR) is 144 cm³/mol. The molecule has 0 radical (unpaired) electrons. The van der Waals surface area contributed by atoms with Crippen LogP contribution in [-0.4, -0.2) is 60.0 Å². The van der Waals surface area contributed by atoms with Crippen LogP contribution in [0.5, 0.6) is 0 Å². The molecule has 2 fully saturated rings. The Bertz CT molecular complexity index is 1160. The number of allylic oxidation sites excluding steroid dienone is 1. The lowest BCUT2D eigenvalue weighted by molar-refractivity contribution is -0.360. The maximum Gasteiger partial charge on any atom is 0.303 e. The first-order valence-electron chi connectivity index (χ1n) is 13.2. The van der Waals surface area contributed by atoms with Crippen molar-refractivity contribution >= 4 is 41.6 Å². The number of rotatable bonds is 7. The molecule has 10 nitrogen and oxygen atoms in total. The van der Waals surface area contributed by atoms with E-state index >= 15 is 0 Å². The van der Waals surface area contributed by atoms with E-state index < -0.39 is 60.7 Å². The van der Waals surface area contributed by atoms with Crippen LogP contribution in [0.3, 0.4) is 0 Å². The molecule has 2 aliphatic rings. The summed E-state index contributed by atoms with van der Waals surface area (Å²) in [6, 6.07) is 4.67. The molecule has 0 amide bonds. The van der Waals surface area contributed by atoms with Crippen molar-refractivity contribution in [2.75, 3.05) is 6.61 Å². The molecule has 220 valence electrons. The van der Waals surface area contributed by atoms with E-state index in [1.54, 1.807) is 12.1 Å². The van der Waals surface area contributed by atoms with Gasteiger partial charge in [0.1, 0.15) is 12.7 Å². The van der Waals surface area contributed by atoms with Crippen molar-refractivity contribution in [3.63, 3.8) is 0 Å². The van der Waals surface area contributed by atoms with Crippen LogP contribution in [0.2, 0.25) is 5.02 Å². The Kier molecular flexibility index (Phi) is 10.0. The average Bonchev–Trinajstić information content (AvgIpc) is 2.83. The van der Waals surface area contributed by atoms with Gasteiger partial charge in [-0.05, 0) is 48.8 Å². The van der Waals surface area contributed by atoms with Gasteiger partial charge in [0.15, 0.2) is 12.2 Å². The molecule has 5 atom stereocenters. The van der Waals surface area contributed by atoms with Gasteiger partial charge in [-0.25, -0.2) is 0 Å². The standard InChI is InChI=1S/C29H37ClO10/c1-16(31)36-15-24-25(37-17(2)32)26(38-18(3)33)27(39-19(4)34)29(35,40-24)22-7-8-23(30)21(14-22)13-20-9-11-28(5,6)12-10-20/h7-8,13-14,24-27,35H,9-12,15H2,1-6H3/t24-,25-,26+,27-,29-/m1/s1. The molecule has 1 saturated heterocycles. The Hall–Kier alpha value is -2.95. The Labute approximate surface area is 238 Å². The SMILES string of the molecule is CC(=O)OC[C@H]1O[C@](O)(c2ccc(Cl)c(C=C3CCC(C)(C)CC3)c2)[C@H](OC(C)=O)[C@@H](OC(C)=O)[C@@H]1OC(C)=O. The van der Waals surface area contributed by atoms with Crippen molar-refractivity contribution in [1.29, 1.82) is 0 Å². The second kappa shape index (κ2) is 12.7. The van der Waals surface area contributed by atoms with Gasteiger partial charge in [0.05, 0.1) is 0 Å². The molecule has 1 aromatic carbocycles. The highest BCUT2D eigenvalue weighted by atomic mass is 35.5. The van der Waals surface area contributed by atoms with Gasteiger partial charge in [0, 0.05) is 38.3 Å². The highest BCUT2D eigenvalue weighted by Crippen LogP contribution is 2.43. The van der Waals surface area contributed by atoms with Crippen LogP contribution in [0.4, 0.5) is 0 Å². The zero-order valence-corrected chi connectivity index (χ0v) is 24.4. The number of hydrogen-bond acceptors (Lipinski definition) is 10. The second-order valence-corrected chi connectivity index (χ2v) is 11.4. The van der Waals surface area contributed by atoms with E-state index in [-0.39, 0.29) is 11.0 Å². The Morgan fingerprint density at radius 2 is 1.52 bits per heavy atom. The van der Waals surface area contributed by atoms with E-state index in [4.69, 9.17) is 35.3 Å². The molecule has 0 spiro atoms. The monoisotopic (exact) mass is 580 g/mol. The number of carbonyl (C=O) groups is 4. The lowest BCUT2D eigenvalue weighted by atomic mass is 9.75. The van der Waals surface area contributed by atoms with Crippen LogP contribution < -0.4 is 0 Å². The zero-order chi connectivity index (χ0) is 29.8. The lowest BCUT2D eigenvalue weighted by Gasteiger charge is -2.48. The molecule has 1 saturated carbocycles. The van der Waals surface area contributed by atoms with Gasteiger partial charge >= 0.3 is 23.9 Å². The second-order valence-electron chi connectivity index (χ2n) is 11.0. The molecule has 1 heterocycles. The highest BCUT2D eigenvalue weighted by Gasteiger charge is 2.60. The lowest BCUT2D eigenvalue weighted by Crippen LogP contribution is -2.66. The average molecular weight is 581 g/mol. The minimum atomic E-state index is -2.42. The van der Waals surface area contributed by atoms with Crippen LogP contribution in [-0.2, 0) is 48.6 Å². The Morgan fingerprint density at radius 1 is 0.950 bits per heavy atom. The minimum Gasteiger partial charge on any atom is -0.463 e. The first kappa shape index (κ1) is 31.6. The van der Waals surface area contributed by atoms with Crippen molar-refractivity contribution in [1.82, 2.24) is 0 Å². The fourth-order valence-corrected chi connectivity index (χ4v) is 5.17. The van der Waals surface area contributed by atoms with Crippen LogP contribution in [0.1, 0.15) is 78.4 Å². The summed E-state index contributed by atoms with van der Waals surface area (Å²) in [5.74, 6) is -5.45. The smallest absolute Gasteiger partial charge is 0.303 e. The van der Waals surface area contributed by atoms with Gasteiger partial charge in [-0.15, -0.1) is 0 Å². The van der Waals surface area contributed by atoms with Gasteiger partial charge in [-0.3, -0.25) is 19.2 Å². The molecule has 1 N–H and O–H groups in total. The first-order valence-corrected chi connectivity index (χ1v) is 13.5. The van der Waals surface area contributed by atoms with Gasteiger partial charge in [-0.1, -0.05) is 43.2 Å². The fourth-order valence-electron chi connectivity index (χ4n) is 5.00. The molecule has 0 unspecified atom stereocenters. The Balaban J connectivity index is 2.12. The topological polar surface area (TPSA) is 135 Å². The van der Waals surface area contributed by atoms with Crippen LogP contribution in [0.15, 0.2) is 23.8 Å². The zero-order valence-electron chi connectivity index (χ0n) is 23.7. The quantitative estimate of drug-likeness (QED) is 0.369. The molecule has 1 aromatic rings. The number of benzene rings is 1. The number of carbonyl (C=O) groups excluding carboxylic acids is 4. The van der Waals surface area contributed by atoms with Crippen LogP contribution >= 0.6 is 11.6 Å². The molecule has 11 heteroatoms. The highest BCUT2D eigenvalue weighted by molar-refractivity contribution is 6.32. The Morgan fingerprint density at radius 3 is 2.08 bits per heavy atom. The van der Waals surface area contributed by atoms with E-state index in [2.05, 4.69) is 13.8 Å². The number of halogens is 1. The summed E-state index contributed by atoms with van der Waals surface area (Å²) in [5, 5.41) is 12.5. The summed E-state index contributed by atoms with van der Waals surface area (Å²) < 4.78 is 27.4. The fraction of sp³-hybridized carbons (Fsp3) is 0.586. The molecule has 40 heavy (non-hydrogen) atoms. The van der Waals surface area contributed by atoms with Crippen molar-refractivity contribution in [2.24, 2.45) is 5.41 Å². The number of ether oxygens (including phenoxy) is 5. The summed E-state index contributed by atoms with van der Waals surface area (Å²) in [7, 11) is 0. The predicted octanol–water partition coefficient (Wildman–Crippen LogP) is 4.23. The number of esters is 4. The summed E-state index contributed by atoms with van der Waals surface area (Å²) in [6.45, 7) is 8.53. The van der Waals surface area contributed by atoms with Crippen molar-refractivity contribution in [2.45, 2.75) is 97.4 Å². The van der Waals surface area contributed by atoms with Gasteiger partial charge in [0.2, 0.25) is 11.9 Å². The molecular weight excluding hydrogens is 544 g/mol. The third-order valence-corrected chi connectivity index (χ3v) is 7.41. The van der Waals surface area contributed by atoms with Crippen molar-refractivity contribution < 1.29 is 48.0 Å². The molecule has 0 aromatic heterocycles. The van der Waals surface area contributed by atoms with Crippen LogP contribution in [0, 0.1) is 5.41 Å². The minimum absolute atomic E-state index is 0.136. The van der Waals surface area contributed by atoms with E-state index in [0.29, 0.717) is 10.6 Å². The van der Waals surface area contributed by atoms with Gasteiger partial charge < -0.3 is 28.8 Å². The number of hydrogen-bond donors (Lipinski definition) is 1. The van der Waals surface area contributed by atoms with E-state index in [9.17, 15) is 24.3 Å². The van der Waals surface area contributed by atoms with Crippen LogP contribution in [0.25, 0.3) is 6.08 Å². The van der Waals surface area contributed by atoms with Crippen molar-refractivity contribution in [3.05, 3.63) is 39.9 Å². The largest absolute Gasteiger partial charge is 0.463 e. The van der Waals surface area contributed by atoms with E-state index in [0.717, 1.165) is 46.5 Å². The van der Waals surface area contributed by atoms with Gasteiger partial charge in [0.25, 0.3) is 0 Å². The summed E-state index contributed by atoms with van der Waals surface area (Å²) in [4.78, 5) is 47.9. The molecular formula is C29H37ClO10. The molecule has 3 rings (SSSR count). The van der Waals surface area contributed by atoms with Gasteiger partial charge in [-0.2, -0.15) is 0 Å². The first-order chi connectivity index (χ1) is 18.6. The maximum atomic E-state index is 12.2. The third-order valence-electron chi connectivity index (χ3n) is 7.07. The third kappa shape index (κ3) is 7.83. The molecule has 0 bridgehead atoms. The summed E-state index contributed by atoms with van der Waals surface area (Å²) in [6.07, 6.45) is -0.0475. The van der Waals surface area contributed by atoms with E-state index in [1.165, 1.54) is 18.6 Å². The summed E-state index contributed by atoms with van der Waals surface area (Å²) in [5.41, 5.74) is 2.20. The summed E-state index contributed by atoms with van der Waals surface area (Å²) >= 11 is 6.53. The maximum absolute atomic E-state index is 12.2. The number of aliphatic hydroxyl groups is 1. The molecule has 1 aliphatic heterocycles. The van der Waals surface area contributed by atoms with E-state index in [1.807, 2.05) is 6.08 Å². The van der Waals surface area contributed by atoms with Crippen molar-refractivity contribution in [3.8, 4) is 0 Å². The molecule has 1 aliphatic carbocycles.